The van der Waals surface area contributed by atoms with E-state index in [1.807, 2.05) is 18.3 Å². The second-order valence-corrected chi connectivity index (χ2v) is 9.75. The minimum atomic E-state index is 0.454. The first-order valence-corrected chi connectivity index (χ1v) is 11.9. The molecule has 1 aliphatic carbocycles. The topological polar surface area (TPSA) is 113 Å². The van der Waals surface area contributed by atoms with Gasteiger partial charge in [0.1, 0.15) is 5.65 Å². The fourth-order valence-corrected chi connectivity index (χ4v) is 4.75. The summed E-state index contributed by atoms with van der Waals surface area (Å²) < 4.78 is 3.14. The molecule has 4 aromatic rings. The van der Waals surface area contributed by atoms with Crippen LogP contribution in [0.3, 0.4) is 0 Å². The van der Waals surface area contributed by atoms with Gasteiger partial charge < -0.3 is 20.5 Å². The fourth-order valence-electron chi connectivity index (χ4n) is 4.12. The second-order valence-electron chi connectivity index (χ2n) is 8.50. The molecule has 0 spiro atoms. The van der Waals surface area contributed by atoms with Crippen LogP contribution in [0.2, 0.25) is 0 Å². The number of fused-ring (bicyclic) bond motifs is 2. The van der Waals surface area contributed by atoms with Gasteiger partial charge in [-0.05, 0) is 71.7 Å². The summed E-state index contributed by atoms with van der Waals surface area (Å²) >= 11 is 2.27. The average molecular weight is 542 g/mol. The Morgan fingerprint density at radius 1 is 1.31 bits per heavy atom. The summed E-state index contributed by atoms with van der Waals surface area (Å²) in [7, 11) is 0. The number of nitrogens with two attached hydrogens (primary N) is 2. The highest BCUT2D eigenvalue weighted by molar-refractivity contribution is 14.1. The van der Waals surface area contributed by atoms with Crippen LogP contribution < -0.4 is 16.9 Å². The molecule has 5 rings (SSSR count). The van der Waals surface area contributed by atoms with Crippen molar-refractivity contribution >= 4 is 44.8 Å². The van der Waals surface area contributed by atoms with Crippen molar-refractivity contribution in [2.75, 3.05) is 6.54 Å². The second kappa shape index (κ2) is 9.08. The van der Waals surface area contributed by atoms with Crippen LogP contribution in [0, 0.1) is 9.49 Å². The van der Waals surface area contributed by atoms with Gasteiger partial charge in [-0.3, -0.25) is 5.10 Å². The van der Waals surface area contributed by atoms with Gasteiger partial charge in [0.15, 0.2) is 0 Å². The van der Waals surface area contributed by atoms with E-state index in [-0.39, 0.29) is 0 Å². The smallest absolute Gasteiger partial charge is 0.137 e. The minimum absolute atomic E-state index is 0.454. The lowest BCUT2D eigenvalue weighted by Crippen LogP contribution is -2.26. The normalized spacial score (nSPS) is 14.9. The lowest BCUT2D eigenvalue weighted by molar-refractivity contribution is 0.301. The fraction of sp³-hybridized carbons (Fsp3) is 0.304. The lowest BCUT2D eigenvalue weighted by atomic mass is 9.85. The quantitative estimate of drug-likeness (QED) is 0.154. The van der Waals surface area contributed by atoms with Crippen LogP contribution in [-0.4, -0.2) is 31.1 Å². The predicted molar refractivity (Wildman–Crippen MR) is 135 cm³/mol. The first-order chi connectivity index (χ1) is 15.5. The Morgan fingerprint density at radius 2 is 2.19 bits per heavy atom. The van der Waals surface area contributed by atoms with Crippen molar-refractivity contribution in [3.8, 4) is 0 Å². The first kappa shape index (κ1) is 21.2. The molecule has 1 saturated carbocycles. The molecule has 3 aromatic heterocycles. The number of hydrazine groups is 1. The van der Waals surface area contributed by atoms with Crippen molar-refractivity contribution in [3.63, 3.8) is 0 Å². The number of nitrogens with zero attached hydrogens (tertiary/aromatic N) is 4. The van der Waals surface area contributed by atoms with Gasteiger partial charge in [-0.15, -0.1) is 0 Å². The number of pyridine rings is 1. The summed E-state index contributed by atoms with van der Waals surface area (Å²) in [5, 5.41) is 13.2. The Kier molecular flexibility index (Phi) is 6.03. The van der Waals surface area contributed by atoms with Crippen LogP contribution in [-0.2, 0) is 13.1 Å². The minimum Gasteiger partial charge on any atom is -0.397 e. The monoisotopic (exact) mass is 542 g/mol. The van der Waals surface area contributed by atoms with Gasteiger partial charge in [0.25, 0.3) is 0 Å². The van der Waals surface area contributed by atoms with Gasteiger partial charge in [0.05, 0.1) is 29.6 Å². The number of benzene rings is 1. The zero-order valence-electron chi connectivity index (χ0n) is 17.8. The van der Waals surface area contributed by atoms with E-state index in [2.05, 4.69) is 60.8 Å². The Balaban J connectivity index is 1.27. The van der Waals surface area contributed by atoms with Crippen LogP contribution in [0.15, 0.2) is 49.1 Å². The number of nitrogens with one attached hydrogen (secondary N) is 2. The largest absolute Gasteiger partial charge is 0.397 e. The van der Waals surface area contributed by atoms with Gasteiger partial charge in [-0.25, -0.2) is 10.8 Å². The molecule has 9 heteroatoms. The molecule has 166 valence electrons. The zero-order valence-corrected chi connectivity index (χ0v) is 19.9. The van der Waals surface area contributed by atoms with Crippen molar-refractivity contribution < 1.29 is 0 Å². The molecular weight excluding hydrogens is 515 g/mol. The van der Waals surface area contributed by atoms with Crippen molar-refractivity contribution in [1.82, 2.24) is 29.9 Å². The number of aromatic amines is 1. The Labute approximate surface area is 200 Å². The molecule has 3 heterocycles. The van der Waals surface area contributed by atoms with Gasteiger partial charge >= 0.3 is 0 Å². The third kappa shape index (κ3) is 4.59. The molecule has 0 aliphatic heterocycles. The highest BCUT2D eigenvalue weighted by Crippen LogP contribution is 2.25. The molecule has 0 amide bonds. The molecule has 1 fully saturated rings. The van der Waals surface area contributed by atoms with E-state index in [0.29, 0.717) is 12.2 Å². The highest BCUT2D eigenvalue weighted by Gasteiger charge is 2.16. The number of halogens is 1. The molecule has 0 bridgehead atoms. The molecule has 0 atom stereocenters. The Morgan fingerprint density at radius 3 is 3.00 bits per heavy atom. The van der Waals surface area contributed by atoms with E-state index < -0.39 is 0 Å². The summed E-state index contributed by atoms with van der Waals surface area (Å²) in [5.74, 6) is 7.12. The van der Waals surface area contributed by atoms with Gasteiger partial charge in [0.2, 0.25) is 0 Å². The van der Waals surface area contributed by atoms with E-state index in [1.54, 1.807) is 17.4 Å². The molecule has 1 aliphatic rings. The molecule has 0 saturated heterocycles. The zero-order chi connectivity index (χ0) is 22.1. The lowest BCUT2D eigenvalue weighted by Gasteiger charge is -2.25. The molecular formula is C23H27IN8. The third-order valence-electron chi connectivity index (χ3n) is 6.03. The number of hydrogen-bond donors (Lipinski definition) is 4. The van der Waals surface area contributed by atoms with Crippen LogP contribution in [0.25, 0.3) is 22.2 Å². The molecule has 0 radical (unpaired) electrons. The SMILES string of the molecule is N/C(=C\N(N)Cc1cn2cc(CNCC3CCC3)ccc2n1)c1cc(I)cc2[nH]ncc12. The molecule has 8 nitrogen and oxygen atoms in total. The van der Waals surface area contributed by atoms with E-state index in [1.165, 1.54) is 24.8 Å². The van der Waals surface area contributed by atoms with E-state index in [4.69, 9.17) is 16.6 Å². The number of imidazole rings is 1. The third-order valence-corrected chi connectivity index (χ3v) is 6.66. The van der Waals surface area contributed by atoms with Crippen molar-refractivity contribution in [3.05, 3.63) is 69.4 Å². The maximum atomic E-state index is 6.38. The van der Waals surface area contributed by atoms with E-state index in [0.717, 1.165) is 50.4 Å². The number of aromatic nitrogens is 4. The van der Waals surface area contributed by atoms with Crippen molar-refractivity contribution in [2.45, 2.75) is 32.4 Å². The van der Waals surface area contributed by atoms with Crippen LogP contribution in [0.4, 0.5) is 0 Å². The number of H-pyrrole nitrogens is 1. The highest BCUT2D eigenvalue weighted by atomic mass is 127. The van der Waals surface area contributed by atoms with E-state index >= 15 is 0 Å². The van der Waals surface area contributed by atoms with Crippen LogP contribution in [0.5, 0.6) is 0 Å². The Bertz CT molecular complexity index is 1270. The number of rotatable bonds is 8. The molecule has 6 N–H and O–H groups in total. The van der Waals surface area contributed by atoms with Gasteiger partial charge in [0, 0.05) is 39.7 Å². The van der Waals surface area contributed by atoms with Gasteiger partial charge in [-0.2, -0.15) is 5.10 Å². The maximum Gasteiger partial charge on any atom is 0.137 e. The summed E-state index contributed by atoms with van der Waals surface area (Å²) in [5.41, 5.74) is 11.9. The molecule has 1 aromatic carbocycles. The summed E-state index contributed by atoms with van der Waals surface area (Å²) in [6.07, 6.45) is 11.8. The summed E-state index contributed by atoms with van der Waals surface area (Å²) in [6, 6.07) is 8.25. The summed E-state index contributed by atoms with van der Waals surface area (Å²) in [4.78, 5) is 4.70. The predicted octanol–water partition coefficient (Wildman–Crippen LogP) is 3.34. The van der Waals surface area contributed by atoms with E-state index in [9.17, 15) is 0 Å². The molecule has 0 unspecified atom stereocenters. The van der Waals surface area contributed by atoms with Crippen molar-refractivity contribution in [1.29, 1.82) is 0 Å². The maximum absolute atomic E-state index is 6.38. The standard InChI is InChI=1S/C23H27IN8/c24-17-6-19(20-10-28-30-22(20)7-17)21(25)14-32(26)13-18-12-31-11-16(4-5-23(31)29-18)9-27-8-15-2-1-3-15/h4-7,10-12,14-15,27H,1-3,8-9,13,25-26H2,(H,28,30)/b21-14-. The Hall–Kier alpha value is -2.63. The summed E-state index contributed by atoms with van der Waals surface area (Å²) in [6.45, 7) is 2.44. The van der Waals surface area contributed by atoms with Crippen LogP contribution >= 0.6 is 22.6 Å². The van der Waals surface area contributed by atoms with Crippen LogP contribution in [0.1, 0.15) is 36.1 Å². The number of hydrogen-bond acceptors (Lipinski definition) is 6. The first-order valence-electron chi connectivity index (χ1n) is 10.8. The molecule has 32 heavy (non-hydrogen) atoms. The van der Waals surface area contributed by atoms with Gasteiger partial charge in [-0.1, -0.05) is 12.5 Å². The van der Waals surface area contributed by atoms with Crippen molar-refractivity contribution in [2.24, 2.45) is 17.5 Å². The average Bonchev–Trinajstić information content (AvgIpc) is 3.34.